The lowest BCUT2D eigenvalue weighted by atomic mass is 9.94. The Morgan fingerprint density at radius 3 is 2.52 bits per heavy atom. The van der Waals surface area contributed by atoms with Crippen LogP contribution in [-0.4, -0.2) is 28.6 Å². The van der Waals surface area contributed by atoms with Crippen LogP contribution in [0.2, 0.25) is 0 Å². The molecule has 0 spiro atoms. The van der Waals surface area contributed by atoms with Gasteiger partial charge in [0.15, 0.2) is 0 Å². The van der Waals surface area contributed by atoms with Crippen molar-refractivity contribution in [3.05, 3.63) is 54.4 Å². The van der Waals surface area contributed by atoms with Gasteiger partial charge < -0.3 is 15.0 Å². The van der Waals surface area contributed by atoms with Gasteiger partial charge in [0.05, 0.1) is 12.2 Å². The fraction of sp³-hybridized carbons (Fsp3) is 0.400. The van der Waals surface area contributed by atoms with Gasteiger partial charge in [-0.15, -0.1) is 0 Å². The monoisotopic (exact) mass is 375 g/mol. The zero-order valence-electron chi connectivity index (χ0n) is 15.0. The van der Waals surface area contributed by atoms with Gasteiger partial charge in [0.25, 0.3) is 0 Å². The van der Waals surface area contributed by atoms with Gasteiger partial charge in [0.2, 0.25) is 0 Å². The molecule has 0 bridgehead atoms. The first-order chi connectivity index (χ1) is 13.1. The van der Waals surface area contributed by atoms with Crippen molar-refractivity contribution in [3.8, 4) is 5.75 Å². The smallest absolute Gasteiger partial charge is 0.387 e. The molecule has 144 valence electrons. The van der Waals surface area contributed by atoms with Crippen LogP contribution < -0.4 is 10.1 Å². The fourth-order valence-electron chi connectivity index (χ4n) is 3.34. The molecule has 1 heterocycles. The number of nitrogens with one attached hydrogen (secondary N) is 1. The Morgan fingerprint density at radius 1 is 1.15 bits per heavy atom. The molecule has 0 radical (unpaired) electrons. The van der Waals surface area contributed by atoms with Gasteiger partial charge in [-0.25, -0.2) is 4.79 Å². The number of nitrogens with zero attached hydrogens (tertiary/aromatic N) is 2. The molecular weight excluding hydrogens is 352 g/mol. The molecule has 5 nitrogen and oxygen atoms in total. The highest BCUT2D eigenvalue weighted by Gasteiger charge is 2.26. The molecule has 2 aromatic rings. The Bertz CT molecular complexity index is 720. The van der Waals surface area contributed by atoms with Crippen LogP contribution in [0, 0.1) is 0 Å². The van der Waals surface area contributed by atoms with E-state index in [1.54, 1.807) is 18.3 Å². The van der Waals surface area contributed by atoms with Crippen LogP contribution in [0.5, 0.6) is 5.75 Å². The van der Waals surface area contributed by atoms with Crippen LogP contribution >= 0.6 is 0 Å². The van der Waals surface area contributed by atoms with E-state index in [1.165, 1.54) is 18.6 Å². The molecule has 1 N–H and O–H groups in total. The summed E-state index contributed by atoms with van der Waals surface area (Å²) < 4.78 is 28.8. The minimum atomic E-state index is -2.87. The van der Waals surface area contributed by atoms with E-state index in [0.29, 0.717) is 12.2 Å². The number of carbonyl (C=O) groups excluding carboxylic acids is 1. The van der Waals surface area contributed by atoms with Crippen LogP contribution in [0.15, 0.2) is 48.7 Å². The van der Waals surface area contributed by atoms with Gasteiger partial charge in [-0.3, -0.25) is 4.98 Å². The molecule has 1 aliphatic rings. The SMILES string of the molecule is O=C(Nc1ccc(OC(F)F)cc1)N(Cc1ccccn1)C1CCCCC1. The molecule has 1 saturated carbocycles. The van der Waals surface area contributed by atoms with Crippen molar-refractivity contribution in [2.24, 2.45) is 0 Å². The molecule has 3 rings (SSSR count). The van der Waals surface area contributed by atoms with Gasteiger partial charge in [-0.2, -0.15) is 8.78 Å². The summed E-state index contributed by atoms with van der Waals surface area (Å²) in [4.78, 5) is 19.1. The topological polar surface area (TPSA) is 54.5 Å². The first kappa shape index (κ1) is 19.1. The Balaban J connectivity index is 1.69. The third-order valence-electron chi connectivity index (χ3n) is 4.67. The van der Waals surface area contributed by atoms with Crippen molar-refractivity contribution in [2.45, 2.75) is 51.3 Å². The molecule has 0 aliphatic heterocycles. The fourth-order valence-corrected chi connectivity index (χ4v) is 3.34. The van der Waals surface area contributed by atoms with E-state index >= 15 is 0 Å². The number of rotatable bonds is 6. The molecule has 7 heteroatoms. The second kappa shape index (κ2) is 9.30. The summed E-state index contributed by atoms with van der Waals surface area (Å²) in [5.41, 5.74) is 1.36. The maximum atomic E-state index is 12.9. The summed E-state index contributed by atoms with van der Waals surface area (Å²) in [7, 11) is 0. The van der Waals surface area contributed by atoms with Gasteiger partial charge >= 0.3 is 12.6 Å². The number of halogens is 2. The van der Waals surface area contributed by atoms with Gasteiger partial charge in [-0.05, 0) is 49.2 Å². The molecular formula is C20H23F2N3O2. The van der Waals surface area contributed by atoms with E-state index in [1.807, 2.05) is 23.1 Å². The number of ether oxygens (including phenoxy) is 1. The van der Waals surface area contributed by atoms with Crippen LogP contribution in [0.4, 0.5) is 19.3 Å². The van der Waals surface area contributed by atoms with Gasteiger partial charge in [-0.1, -0.05) is 25.3 Å². The van der Waals surface area contributed by atoms with E-state index < -0.39 is 6.61 Å². The Labute approximate surface area is 157 Å². The minimum absolute atomic E-state index is 0.0561. The lowest BCUT2D eigenvalue weighted by molar-refractivity contribution is -0.0498. The molecule has 0 unspecified atom stereocenters. The first-order valence-electron chi connectivity index (χ1n) is 9.14. The Hall–Kier alpha value is -2.70. The maximum absolute atomic E-state index is 12.9. The molecule has 1 aromatic carbocycles. The summed E-state index contributed by atoms with van der Waals surface area (Å²) in [6.45, 7) is -2.44. The number of aromatic nitrogens is 1. The maximum Gasteiger partial charge on any atom is 0.387 e. The number of hydrogen-bond donors (Lipinski definition) is 1. The average Bonchev–Trinajstić information content (AvgIpc) is 2.68. The molecule has 1 fully saturated rings. The number of hydrogen-bond acceptors (Lipinski definition) is 3. The normalized spacial score (nSPS) is 14.8. The number of pyridine rings is 1. The molecule has 1 aliphatic carbocycles. The van der Waals surface area contributed by atoms with Crippen LogP contribution in [0.1, 0.15) is 37.8 Å². The van der Waals surface area contributed by atoms with E-state index in [2.05, 4.69) is 15.0 Å². The largest absolute Gasteiger partial charge is 0.435 e. The van der Waals surface area contributed by atoms with Gasteiger partial charge in [0, 0.05) is 17.9 Å². The Kier molecular flexibility index (Phi) is 6.57. The lowest BCUT2D eigenvalue weighted by Gasteiger charge is -2.34. The minimum Gasteiger partial charge on any atom is -0.435 e. The van der Waals surface area contributed by atoms with Crippen molar-refractivity contribution in [3.63, 3.8) is 0 Å². The number of benzene rings is 1. The summed E-state index contributed by atoms with van der Waals surface area (Å²) in [5, 5.41) is 2.86. The highest BCUT2D eigenvalue weighted by atomic mass is 19.3. The number of anilines is 1. The van der Waals surface area contributed by atoms with Gasteiger partial charge in [0.1, 0.15) is 5.75 Å². The van der Waals surface area contributed by atoms with E-state index in [4.69, 9.17) is 0 Å². The van der Waals surface area contributed by atoms with Crippen LogP contribution in [-0.2, 0) is 6.54 Å². The van der Waals surface area contributed by atoms with Crippen LogP contribution in [0.25, 0.3) is 0 Å². The second-order valence-corrected chi connectivity index (χ2v) is 6.57. The lowest BCUT2D eigenvalue weighted by Crippen LogP contribution is -2.43. The third-order valence-corrected chi connectivity index (χ3v) is 4.67. The van der Waals surface area contributed by atoms with Crippen molar-refractivity contribution < 1.29 is 18.3 Å². The summed E-state index contributed by atoms with van der Waals surface area (Å²) in [6.07, 6.45) is 7.07. The van der Waals surface area contributed by atoms with E-state index in [-0.39, 0.29) is 17.8 Å². The summed E-state index contributed by atoms with van der Waals surface area (Å²) >= 11 is 0. The highest BCUT2D eigenvalue weighted by molar-refractivity contribution is 5.89. The number of alkyl halides is 2. The predicted molar refractivity (Wildman–Crippen MR) is 98.7 cm³/mol. The third kappa shape index (κ3) is 5.64. The standard InChI is InChI=1S/C20H23F2N3O2/c21-19(22)27-18-11-9-15(10-12-18)24-20(26)25(17-7-2-1-3-8-17)14-16-6-4-5-13-23-16/h4-6,9-13,17,19H,1-3,7-8,14H2,(H,24,26). The predicted octanol–water partition coefficient (Wildman–Crippen LogP) is 5.05. The number of amides is 2. The van der Waals surface area contributed by atoms with E-state index in [0.717, 1.165) is 31.4 Å². The molecule has 27 heavy (non-hydrogen) atoms. The van der Waals surface area contributed by atoms with Crippen LogP contribution in [0.3, 0.4) is 0 Å². The summed E-state index contributed by atoms with van der Waals surface area (Å²) in [5.74, 6) is 0.0561. The average molecular weight is 375 g/mol. The zero-order valence-corrected chi connectivity index (χ0v) is 15.0. The highest BCUT2D eigenvalue weighted by Crippen LogP contribution is 2.25. The van der Waals surface area contributed by atoms with Crippen molar-refractivity contribution in [2.75, 3.05) is 5.32 Å². The second-order valence-electron chi connectivity index (χ2n) is 6.57. The molecule has 0 saturated heterocycles. The zero-order chi connectivity index (χ0) is 19.1. The van der Waals surface area contributed by atoms with Crippen molar-refractivity contribution in [1.82, 2.24) is 9.88 Å². The van der Waals surface area contributed by atoms with Crippen molar-refractivity contribution in [1.29, 1.82) is 0 Å². The molecule has 2 amide bonds. The first-order valence-corrected chi connectivity index (χ1v) is 9.14. The number of carbonyl (C=O) groups is 1. The van der Waals surface area contributed by atoms with Crippen molar-refractivity contribution >= 4 is 11.7 Å². The number of urea groups is 1. The quantitative estimate of drug-likeness (QED) is 0.769. The molecule has 1 aromatic heterocycles. The Morgan fingerprint density at radius 2 is 1.89 bits per heavy atom. The van der Waals surface area contributed by atoms with E-state index in [9.17, 15) is 13.6 Å². The summed E-state index contributed by atoms with van der Waals surface area (Å²) in [6, 6.07) is 11.5. The molecule has 0 atom stereocenters.